The molecule has 100 valence electrons. The van der Waals surface area contributed by atoms with Gasteiger partial charge in [0, 0.05) is 38.0 Å². The Morgan fingerprint density at radius 1 is 1.56 bits per heavy atom. The summed E-state index contributed by atoms with van der Waals surface area (Å²) in [5, 5.41) is 20.5. The average Bonchev–Trinajstić information content (AvgIpc) is 2.29. The number of nitro benzene ring substituents is 1. The third-order valence-corrected chi connectivity index (χ3v) is 2.67. The number of likely N-dealkylation sites (N-methyl/N-ethyl adjacent to an activating group) is 1. The highest BCUT2D eigenvalue weighted by molar-refractivity contribution is 5.56. The molecule has 1 atom stereocenters. The molecule has 1 aromatic carbocycles. The van der Waals surface area contributed by atoms with E-state index in [9.17, 15) is 15.2 Å². The normalized spacial score (nSPS) is 12.2. The molecular weight excluding hydrogens is 236 g/mol. The Kier molecular flexibility index (Phi) is 5.06. The van der Waals surface area contributed by atoms with E-state index in [2.05, 4.69) is 0 Å². The molecule has 0 fully saturated rings. The fraction of sp³-hybridized carbons (Fsp3) is 0.500. The van der Waals surface area contributed by atoms with Crippen molar-refractivity contribution < 1.29 is 14.8 Å². The zero-order chi connectivity index (χ0) is 13.7. The molecule has 0 saturated carbocycles. The molecule has 0 aliphatic rings. The Labute approximate surface area is 106 Å². The van der Waals surface area contributed by atoms with Crippen molar-refractivity contribution >= 4 is 11.4 Å². The van der Waals surface area contributed by atoms with Crippen molar-refractivity contribution in [2.45, 2.75) is 13.0 Å². The molecule has 6 nitrogen and oxygen atoms in total. The topological polar surface area (TPSA) is 75.8 Å². The van der Waals surface area contributed by atoms with Gasteiger partial charge in [0.1, 0.15) is 0 Å². The van der Waals surface area contributed by atoms with Crippen LogP contribution in [-0.4, -0.2) is 43.4 Å². The molecule has 18 heavy (non-hydrogen) atoms. The maximum Gasteiger partial charge on any atom is 0.274 e. The van der Waals surface area contributed by atoms with E-state index in [1.54, 1.807) is 31.0 Å². The number of nitro groups is 1. The maximum atomic E-state index is 10.8. The number of nitrogens with zero attached hydrogens (tertiary/aromatic N) is 2. The molecule has 6 heteroatoms. The summed E-state index contributed by atoms with van der Waals surface area (Å²) in [7, 11) is 3.28. The predicted molar refractivity (Wildman–Crippen MR) is 69.0 cm³/mol. The SMILES string of the molecule is COCC(O)CN(C)c1ccc(C)c([N+](=O)[O-])c1. The number of benzene rings is 1. The number of aliphatic hydroxyl groups excluding tert-OH is 1. The smallest absolute Gasteiger partial charge is 0.274 e. The van der Waals surface area contributed by atoms with Gasteiger partial charge in [0.2, 0.25) is 0 Å². The molecule has 0 amide bonds. The van der Waals surface area contributed by atoms with Crippen LogP contribution in [-0.2, 0) is 4.74 Å². The third kappa shape index (κ3) is 3.68. The Bertz CT molecular complexity index is 423. The molecule has 0 radical (unpaired) electrons. The van der Waals surface area contributed by atoms with E-state index >= 15 is 0 Å². The van der Waals surface area contributed by atoms with Crippen molar-refractivity contribution in [1.29, 1.82) is 0 Å². The Balaban J connectivity index is 2.83. The largest absolute Gasteiger partial charge is 0.389 e. The van der Waals surface area contributed by atoms with Crippen molar-refractivity contribution in [2.24, 2.45) is 0 Å². The summed E-state index contributed by atoms with van der Waals surface area (Å²) >= 11 is 0. The van der Waals surface area contributed by atoms with Crippen LogP contribution in [0.5, 0.6) is 0 Å². The van der Waals surface area contributed by atoms with Crippen molar-refractivity contribution in [1.82, 2.24) is 0 Å². The van der Waals surface area contributed by atoms with Crippen LogP contribution < -0.4 is 4.90 Å². The van der Waals surface area contributed by atoms with Gasteiger partial charge >= 0.3 is 0 Å². The van der Waals surface area contributed by atoms with E-state index in [1.165, 1.54) is 13.2 Å². The van der Waals surface area contributed by atoms with E-state index in [1.807, 2.05) is 0 Å². The van der Waals surface area contributed by atoms with Gasteiger partial charge in [-0.05, 0) is 13.0 Å². The van der Waals surface area contributed by atoms with E-state index in [0.29, 0.717) is 17.8 Å². The summed E-state index contributed by atoms with van der Waals surface area (Å²) < 4.78 is 4.84. The monoisotopic (exact) mass is 254 g/mol. The van der Waals surface area contributed by atoms with Crippen molar-refractivity contribution in [3.63, 3.8) is 0 Å². The third-order valence-electron chi connectivity index (χ3n) is 2.67. The molecule has 1 aromatic rings. The summed E-state index contributed by atoms with van der Waals surface area (Å²) in [6, 6.07) is 5.00. The molecule has 0 spiro atoms. The lowest BCUT2D eigenvalue weighted by Crippen LogP contribution is -2.31. The van der Waals surface area contributed by atoms with Crippen molar-refractivity contribution in [3.05, 3.63) is 33.9 Å². The van der Waals surface area contributed by atoms with Gasteiger partial charge in [0.25, 0.3) is 5.69 Å². The molecule has 0 aromatic heterocycles. The Morgan fingerprint density at radius 2 is 2.22 bits per heavy atom. The van der Waals surface area contributed by atoms with Crippen LogP contribution in [0.4, 0.5) is 11.4 Å². The van der Waals surface area contributed by atoms with Gasteiger partial charge in [-0.3, -0.25) is 10.1 Å². The fourth-order valence-electron chi connectivity index (χ4n) is 1.70. The van der Waals surface area contributed by atoms with Crippen molar-refractivity contribution in [3.8, 4) is 0 Å². The number of hydrogen-bond acceptors (Lipinski definition) is 5. The number of aliphatic hydroxyl groups is 1. The number of hydrogen-bond donors (Lipinski definition) is 1. The lowest BCUT2D eigenvalue weighted by atomic mass is 10.1. The number of ether oxygens (including phenoxy) is 1. The maximum absolute atomic E-state index is 10.8. The molecule has 0 aliphatic carbocycles. The zero-order valence-corrected chi connectivity index (χ0v) is 10.8. The van der Waals surface area contributed by atoms with Gasteiger partial charge < -0.3 is 14.7 Å². The standard InChI is InChI=1S/C12H18N2O4/c1-9-4-5-10(6-12(9)14(16)17)13(2)7-11(15)8-18-3/h4-6,11,15H,7-8H2,1-3H3. The van der Waals surface area contributed by atoms with E-state index < -0.39 is 11.0 Å². The minimum absolute atomic E-state index is 0.0839. The van der Waals surface area contributed by atoms with E-state index in [-0.39, 0.29) is 12.3 Å². The number of rotatable bonds is 6. The number of anilines is 1. The van der Waals surface area contributed by atoms with Gasteiger partial charge in [0.05, 0.1) is 17.6 Å². The lowest BCUT2D eigenvalue weighted by Gasteiger charge is -2.22. The summed E-state index contributed by atoms with van der Waals surface area (Å²) in [4.78, 5) is 12.2. The highest BCUT2D eigenvalue weighted by Crippen LogP contribution is 2.24. The highest BCUT2D eigenvalue weighted by atomic mass is 16.6. The molecule has 0 saturated heterocycles. The van der Waals surface area contributed by atoms with Crippen LogP contribution in [0.15, 0.2) is 18.2 Å². The van der Waals surface area contributed by atoms with E-state index in [4.69, 9.17) is 4.74 Å². The second-order valence-electron chi connectivity index (χ2n) is 4.22. The second kappa shape index (κ2) is 6.32. The Morgan fingerprint density at radius 3 is 2.78 bits per heavy atom. The minimum Gasteiger partial charge on any atom is -0.389 e. The summed E-state index contributed by atoms with van der Waals surface area (Å²) in [6.45, 7) is 2.29. The van der Waals surface area contributed by atoms with Gasteiger partial charge in [-0.2, -0.15) is 0 Å². The zero-order valence-electron chi connectivity index (χ0n) is 10.8. The van der Waals surface area contributed by atoms with Crippen LogP contribution in [0.2, 0.25) is 0 Å². The molecule has 0 bridgehead atoms. The fourth-order valence-corrected chi connectivity index (χ4v) is 1.70. The van der Waals surface area contributed by atoms with Crippen LogP contribution in [0.1, 0.15) is 5.56 Å². The molecule has 0 aliphatic heterocycles. The molecule has 0 heterocycles. The average molecular weight is 254 g/mol. The Hall–Kier alpha value is -1.66. The van der Waals surface area contributed by atoms with Crippen molar-refractivity contribution in [2.75, 3.05) is 32.2 Å². The summed E-state index contributed by atoms with van der Waals surface area (Å²) in [5.74, 6) is 0. The molecular formula is C12H18N2O4. The van der Waals surface area contributed by atoms with E-state index in [0.717, 1.165) is 0 Å². The van der Waals surface area contributed by atoms with Crippen LogP contribution in [0.25, 0.3) is 0 Å². The molecule has 1 unspecified atom stereocenters. The number of aryl methyl sites for hydroxylation is 1. The highest BCUT2D eigenvalue weighted by Gasteiger charge is 2.14. The summed E-state index contributed by atoms with van der Waals surface area (Å²) in [6.07, 6.45) is -0.625. The van der Waals surface area contributed by atoms with Gasteiger partial charge in [-0.1, -0.05) is 6.07 Å². The van der Waals surface area contributed by atoms with Gasteiger partial charge in [0.15, 0.2) is 0 Å². The van der Waals surface area contributed by atoms with Crippen LogP contribution in [0, 0.1) is 17.0 Å². The molecule has 1 rings (SSSR count). The van der Waals surface area contributed by atoms with Gasteiger partial charge in [-0.25, -0.2) is 0 Å². The van der Waals surface area contributed by atoms with Gasteiger partial charge in [-0.15, -0.1) is 0 Å². The van der Waals surface area contributed by atoms with Crippen LogP contribution >= 0.6 is 0 Å². The number of methoxy groups -OCH3 is 1. The predicted octanol–water partition coefficient (Wildman–Crippen LogP) is 1.35. The minimum atomic E-state index is -0.625. The first-order valence-electron chi connectivity index (χ1n) is 5.59. The first-order chi connectivity index (χ1) is 8.45. The quantitative estimate of drug-likeness (QED) is 0.612. The van der Waals surface area contributed by atoms with Crippen LogP contribution in [0.3, 0.4) is 0 Å². The first kappa shape index (κ1) is 14.4. The second-order valence-corrected chi connectivity index (χ2v) is 4.22. The molecule has 1 N–H and O–H groups in total. The lowest BCUT2D eigenvalue weighted by molar-refractivity contribution is -0.385. The summed E-state index contributed by atoms with van der Waals surface area (Å²) in [5.41, 5.74) is 1.40. The first-order valence-corrected chi connectivity index (χ1v) is 5.59.